The van der Waals surface area contributed by atoms with Crippen LogP contribution in [-0.2, 0) is 14.3 Å². The smallest absolute Gasteiger partial charge is 0.239 e. The molecule has 17 heavy (non-hydrogen) atoms. The van der Waals surface area contributed by atoms with Crippen molar-refractivity contribution in [3.63, 3.8) is 0 Å². The molecule has 0 spiro atoms. The summed E-state index contributed by atoms with van der Waals surface area (Å²) in [4.78, 5) is 24.4. The van der Waals surface area contributed by atoms with Crippen molar-refractivity contribution in [2.24, 2.45) is 5.73 Å². The van der Waals surface area contributed by atoms with Gasteiger partial charge >= 0.3 is 0 Å². The quantitative estimate of drug-likeness (QED) is 0.556. The minimum Gasteiger partial charge on any atom is -0.383 e. The predicted octanol–water partition coefficient (Wildman–Crippen LogP) is -0.665. The van der Waals surface area contributed by atoms with E-state index in [2.05, 4.69) is 5.32 Å². The van der Waals surface area contributed by atoms with Crippen molar-refractivity contribution in [2.45, 2.75) is 25.8 Å². The summed E-state index contributed by atoms with van der Waals surface area (Å²) in [5.74, 6) is -0.247. The van der Waals surface area contributed by atoms with Gasteiger partial charge in [0, 0.05) is 33.2 Å². The summed E-state index contributed by atoms with van der Waals surface area (Å²) >= 11 is 0. The van der Waals surface area contributed by atoms with Crippen molar-refractivity contribution in [2.75, 3.05) is 33.9 Å². The number of hydrogen-bond acceptors (Lipinski definition) is 4. The van der Waals surface area contributed by atoms with Gasteiger partial charge in [0.2, 0.25) is 11.8 Å². The Labute approximate surface area is 102 Å². The molecule has 6 nitrogen and oxygen atoms in total. The van der Waals surface area contributed by atoms with Gasteiger partial charge < -0.3 is 20.7 Å². The SMILES string of the molecule is COCCNC(=O)CN(C)C(=O)CCC(C)N. The average molecular weight is 245 g/mol. The summed E-state index contributed by atoms with van der Waals surface area (Å²) in [6.45, 7) is 2.84. The van der Waals surface area contributed by atoms with Crippen molar-refractivity contribution in [1.29, 1.82) is 0 Å². The molecule has 0 fully saturated rings. The molecule has 6 heteroatoms. The lowest BCUT2D eigenvalue weighted by atomic mass is 10.2. The lowest BCUT2D eigenvalue weighted by Gasteiger charge is -2.17. The monoisotopic (exact) mass is 245 g/mol. The Kier molecular flexibility index (Phi) is 8.35. The standard InChI is InChI=1S/C11H23N3O3/c1-9(12)4-5-11(16)14(2)8-10(15)13-6-7-17-3/h9H,4-8,12H2,1-3H3,(H,13,15). The minimum absolute atomic E-state index is 0.00267. The van der Waals surface area contributed by atoms with E-state index < -0.39 is 0 Å². The van der Waals surface area contributed by atoms with Crippen molar-refractivity contribution in [3.8, 4) is 0 Å². The summed E-state index contributed by atoms with van der Waals surface area (Å²) in [7, 11) is 3.18. The molecule has 0 saturated carbocycles. The summed E-state index contributed by atoms with van der Waals surface area (Å²) in [6.07, 6.45) is 1.01. The normalized spacial score (nSPS) is 12.0. The molecule has 2 amide bonds. The maximum absolute atomic E-state index is 11.6. The van der Waals surface area contributed by atoms with Crippen LogP contribution in [0, 0.1) is 0 Å². The fraction of sp³-hybridized carbons (Fsp3) is 0.818. The molecule has 0 saturated heterocycles. The van der Waals surface area contributed by atoms with Crippen molar-refractivity contribution in [1.82, 2.24) is 10.2 Å². The highest BCUT2D eigenvalue weighted by atomic mass is 16.5. The second-order valence-electron chi connectivity index (χ2n) is 4.11. The Morgan fingerprint density at radius 1 is 1.47 bits per heavy atom. The number of amides is 2. The highest BCUT2D eigenvalue weighted by molar-refractivity contribution is 5.84. The molecule has 0 aromatic heterocycles. The van der Waals surface area contributed by atoms with Crippen LogP contribution in [0.25, 0.3) is 0 Å². The Morgan fingerprint density at radius 2 is 2.12 bits per heavy atom. The Hall–Kier alpha value is -1.14. The molecular weight excluding hydrogens is 222 g/mol. The molecule has 0 aromatic rings. The fourth-order valence-electron chi connectivity index (χ4n) is 1.19. The van der Waals surface area contributed by atoms with Gasteiger partial charge in [-0.1, -0.05) is 0 Å². The van der Waals surface area contributed by atoms with Crippen molar-refractivity contribution >= 4 is 11.8 Å². The first-order valence-corrected chi connectivity index (χ1v) is 5.72. The van der Waals surface area contributed by atoms with E-state index in [4.69, 9.17) is 10.5 Å². The molecule has 0 aromatic carbocycles. The molecule has 0 aliphatic rings. The second-order valence-corrected chi connectivity index (χ2v) is 4.11. The first kappa shape index (κ1) is 15.9. The number of rotatable bonds is 8. The van der Waals surface area contributed by atoms with Crippen LogP contribution in [0.15, 0.2) is 0 Å². The van der Waals surface area contributed by atoms with Crippen LogP contribution in [-0.4, -0.2) is 56.6 Å². The van der Waals surface area contributed by atoms with Crippen molar-refractivity contribution in [3.05, 3.63) is 0 Å². The molecule has 0 heterocycles. The summed E-state index contributed by atoms with van der Waals surface area (Å²) < 4.78 is 4.80. The van der Waals surface area contributed by atoms with E-state index in [9.17, 15) is 9.59 Å². The van der Waals surface area contributed by atoms with Crippen LogP contribution < -0.4 is 11.1 Å². The van der Waals surface area contributed by atoms with E-state index >= 15 is 0 Å². The van der Waals surface area contributed by atoms with Gasteiger partial charge in [-0.25, -0.2) is 0 Å². The van der Waals surface area contributed by atoms with Gasteiger partial charge in [0.15, 0.2) is 0 Å². The lowest BCUT2D eigenvalue weighted by Crippen LogP contribution is -2.39. The zero-order chi connectivity index (χ0) is 13.3. The van der Waals surface area contributed by atoms with E-state index in [1.165, 1.54) is 4.90 Å². The number of methoxy groups -OCH3 is 1. The van der Waals surface area contributed by atoms with Gasteiger partial charge in [-0.05, 0) is 13.3 Å². The number of nitrogens with zero attached hydrogens (tertiary/aromatic N) is 1. The molecule has 1 atom stereocenters. The van der Waals surface area contributed by atoms with Gasteiger partial charge in [0.1, 0.15) is 0 Å². The molecule has 1 unspecified atom stereocenters. The van der Waals surface area contributed by atoms with Gasteiger partial charge in [-0.15, -0.1) is 0 Å². The number of ether oxygens (including phenoxy) is 1. The van der Waals surface area contributed by atoms with E-state index in [-0.39, 0.29) is 24.4 Å². The first-order chi connectivity index (χ1) is 7.97. The van der Waals surface area contributed by atoms with E-state index in [1.54, 1.807) is 14.2 Å². The molecule has 100 valence electrons. The zero-order valence-electron chi connectivity index (χ0n) is 10.9. The van der Waals surface area contributed by atoms with Crippen LogP contribution in [0.5, 0.6) is 0 Å². The summed E-state index contributed by atoms with van der Waals surface area (Å²) in [5, 5.41) is 2.65. The van der Waals surface area contributed by atoms with Crippen molar-refractivity contribution < 1.29 is 14.3 Å². The molecule has 0 bridgehead atoms. The van der Waals surface area contributed by atoms with Crippen LogP contribution in [0.2, 0.25) is 0 Å². The number of hydrogen-bond donors (Lipinski definition) is 2. The van der Waals surface area contributed by atoms with Crippen LogP contribution >= 0.6 is 0 Å². The third-order valence-corrected chi connectivity index (χ3v) is 2.25. The first-order valence-electron chi connectivity index (χ1n) is 5.72. The third-order valence-electron chi connectivity index (χ3n) is 2.25. The molecule has 0 radical (unpaired) electrons. The van der Waals surface area contributed by atoms with Gasteiger partial charge in [-0.2, -0.15) is 0 Å². The number of carbonyl (C=O) groups excluding carboxylic acids is 2. The number of nitrogens with one attached hydrogen (secondary N) is 1. The number of nitrogens with two attached hydrogens (primary N) is 1. The highest BCUT2D eigenvalue weighted by Gasteiger charge is 2.12. The minimum atomic E-state index is -0.182. The Morgan fingerprint density at radius 3 is 2.65 bits per heavy atom. The largest absolute Gasteiger partial charge is 0.383 e. The molecular formula is C11H23N3O3. The number of carbonyl (C=O) groups is 2. The van der Waals surface area contributed by atoms with Gasteiger partial charge in [-0.3, -0.25) is 9.59 Å². The third kappa shape index (κ3) is 8.65. The topological polar surface area (TPSA) is 84.7 Å². The molecule has 0 aliphatic carbocycles. The Balaban J connectivity index is 3.78. The van der Waals surface area contributed by atoms with Crippen LogP contribution in [0.3, 0.4) is 0 Å². The van der Waals surface area contributed by atoms with Crippen LogP contribution in [0.4, 0.5) is 0 Å². The van der Waals surface area contributed by atoms with E-state index in [0.717, 1.165) is 0 Å². The van der Waals surface area contributed by atoms with Gasteiger partial charge in [0.05, 0.1) is 13.2 Å². The summed E-state index contributed by atoms with van der Waals surface area (Å²) in [6, 6.07) is 0.00267. The van der Waals surface area contributed by atoms with Crippen LogP contribution in [0.1, 0.15) is 19.8 Å². The predicted molar refractivity (Wildman–Crippen MR) is 65.4 cm³/mol. The molecule has 0 aliphatic heterocycles. The molecule has 0 rings (SSSR count). The molecule has 3 N–H and O–H groups in total. The zero-order valence-corrected chi connectivity index (χ0v) is 10.9. The van der Waals surface area contributed by atoms with Gasteiger partial charge in [0.25, 0.3) is 0 Å². The highest BCUT2D eigenvalue weighted by Crippen LogP contribution is 1.97. The second kappa shape index (κ2) is 8.95. The maximum Gasteiger partial charge on any atom is 0.239 e. The fourth-order valence-corrected chi connectivity index (χ4v) is 1.19. The maximum atomic E-state index is 11.6. The van der Waals surface area contributed by atoms with E-state index in [0.29, 0.717) is 26.0 Å². The lowest BCUT2D eigenvalue weighted by molar-refractivity contribution is -0.134. The number of likely N-dealkylation sites (N-methyl/N-ethyl adjacent to an activating group) is 1. The van der Waals surface area contributed by atoms with E-state index in [1.807, 2.05) is 6.92 Å². The Bertz CT molecular complexity index is 244. The summed E-state index contributed by atoms with van der Waals surface area (Å²) in [5.41, 5.74) is 5.56. The average Bonchev–Trinajstić information content (AvgIpc) is 2.26.